The maximum atomic E-state index is 13.0. The minimum atomic E-state index is -4.71. The van der Waals surface area contributed by atoms with Crippen LogP contribution in [0.5, 0.6) is 0 Å². The predicted molar refractivity (Wildman–Crippen MR) is 98.8 cm³/mol. The normalized spacial score (nSPS) is 25.4. The number of hydrogen-bond acceptors (Lipinski definition) is 7. The molecule has 0 aromatic heterocycles. The first kappa shape index (κ1) is 20.2. The number of carbonyl (C=O) groups excluding carboxylic acids is 1. The molecule has 7 nitrogen and oxygen atoms in total. The Morgan fingerprint density at radius 3 is 2.64 bits per heavy atom. The summed E-state index contributed by atoms with van der Waals surface area (Å²) in [5.41, 5.74) is -0.235. The number of methoxy groups -OCH3 is 1. The molecule has 2 N–H and O–H groups in total. The van der Waals surface area contributed by atoms with Crippen LogP contribution < -0.4 is 4.90 Å². The van der Waals surface area contributed by atoms with Crippen molar-refractivity contribution in [2.45, 2.75) is 23.7 Å². The molecule has 2 heterocycles. The van der Waals surface area contributed by atoms with Crippen LogP contribution in [0.2, 0.25) is 0 Å². The molecule has 0 saturated heterocycles. The number of hydrogen-bond donors (Lipinski definition) is 3. The fraction of sp³-hybridized carbons (Fsp3) is 0.294. The van der Waals surface area contributed by atoms with Gasteiger partial charge in [0.05, 0.1) is 12.0 Å². The van der Waals surface area contributed by atoms with E-state index in [0.717, 1.165) is 16.8 Å². The van der Waals surface area contributed by atoms with Crippen molar-refractivity contribution in [3.63, 3.8) is 0 Å². The monoisotopic (exact) mass is 417 g/mol. The van der Waals surface area contributed by atoms with Gasteiger partial charge in [-0.25, -0.2) is 9.19 Å². The van der Waals surface area contributed by atoms with E-state index in [2.05, 4.69) is 15.7 Å². The van der Waals surface area contributed by atoms with Crippen molar-refractivity contribution in [1.82, 2.24) is 4.90 Å². The van der Waals surface area contributed by atoms with Crippen LogP contribution in [-0.4, -0.2) is 60.2 Å². The highest BCUT2D eigenvalue weighted by molar-refractivity contribution is 8.20. The Labute approximate surface area is 161 Å². The lowest BCUT2D eigenvalue weighted by Gasteiger charge is -2.43. The molecule has 3 rings (SSSR count). The third-order valence-corrected chi connectivity index (χ3v) is 6.29. The summed E-state index contributed by atoms with van der Waals surface area (Å²) in [7, 11) is 2.32. The molecule has 2 aliphatic rings. The quantitative estimate of drug-likeness (QED) is 0.396. The van der Waals surface area contributed by atoms with Crippen LogP contribution in [-0.2, 0) is 9.53 Å². The van der Waals surface area contributed by atoms with Gasteiger partial charge in [-0.1, -0.05) is 17.7 Å². The summed E-state index contributed by atoms with van der Waals surface area (Å²) in [4.78, 5) is 14.3. The summed E-state index contributed by atoms with van der Waals surface area (Å²) in [6.07, 6.45) is -6.00. The van der Waals surface area contributed by atoms with Crippen molar-refractivity contribution >= 4 is 29.0 Å². The highest BCUT2D eigenvalue weighted by Gasteiger charge is 2.44. The number of aliphatic hydroxyl groups excluding tert-OH is 2. The molecule has 1 aromatic carbocycles. The van der Waals surface area contributed by atoms with Crippen molar-refractivity contribution in [1.29, 1.82) is 0 Å². The van der Waals surface area contributed by atoms with Crippen LogP contribution in [0.25, 0.3) is 0 Å². The zero-order chi connectivity index (χ0) is 20.8. The van der Waals surface area contributed by atoms with Gasteiger partial charge >= 0.3 is 12.1 Å². The Bertz CT molecular complexity index is 887. The van der Waals surface area contributed by atoms with Crippen LogP contribution in [0, 0.1) is 0 Å². The summed E-state index contributed by atoms with van der Waals surface area (Å²) >= 11 is -1.37. The molecule has 3 atom stereocenters. The average molecular weight is 417 g/mol. The lowest BCUT2D eigenvalue weighted by Crippen LogP contribution is -2.56. The lowest BCUT2D eigenvalue weighted by molar-refractivity contribution is -0.135. The Balaban J connectivity index is 1.93. The van der Waals surface area contributed by atoms with Gasteiger partial charge in [0, 0.05) is 29.4 Å². The van der Waals surface area contributed by atoms with E-state index in [1.54, 1.807) is 12.1 Å². The second-order valence-electron chi connectivity index (χ2n) is 6.07. The number of halogens is 3. The molecule has 3 unspecified atom stereocenters. The predicted octanol–water partition coefficient (Wildman–Crippen LogP) is 1.87. The first-order chi connectivity index (χ1) is 13.1. The van der Waals surface area contributed by atoms with Gasteiger partial charge in [-0.2, -0.15) is 13.2 Å². The van der Waals surface area contributed by atoms with Crippen molar-refractivity contribution in [3.05, 3.63) is 47.0 Å². The molecule has 0 bridgehead atoms. The molecular weight excluding hydrogens is 399 g/mol. The zero-order valence-electron chi connectivity index (χ0n) is 14.9. The van der Waals surface area contributed by atoms with E-state index in [9.17, 15) is 28.2 Å². The standard InChI is InChI=1S/C17H18F3N3O4S/c1-9(15(25)27-3)28-12-5-4-11(6-10(12)8-21-28)23-14(24)7-13(17(18,19)20)22(2)16(23)26/h4-8,14,16,24,26,28H,1H2,2-3H3. The fourth-order valence-electron chi connectivity index (χ4n) is 2.97. The van der Waals surface area contributed by atoms with E-state index in [1.165, 1.54) is 19.4 Å². The summed E-state index contributed by atoms with van der Waals surface area (Å²) in [5.74, 6) is -0.575. The molecule has 0 aliphatic carbocycles. The number of rotatable bonds is 3. The van der Waals surface area contributed by atoms with Gasteiger partial charge in [-0.3, -0.25) is 4.90 Å². The van der Waals surface area contributed by atoms with E-state index in [1.807, 2.05) is 0 Å². The van der Waals surface area contributed by atoms with Crippen LogP contribution in [0.1, 0.15) is 5.56 Å². The number of nitrogens with zero attached hydrogens (tertiary/aromatic N) is 3. The Kier molecular flexibility index (Phi) is 5.17. The topological polar surface area (TPSA) is 85.6 Å². The zero-order valence-corrected chi connectivity index (χ0v) is 15.8. The number of benzene rings is 1. The van der Waals surface area contributed by atoms with Crippen LogP contribution in [0.4, 0.5) is 18.9 Å². The number of fused-ring (bicyclic) bond motifs is 1. The van der Waals surface area contributed by atoms with Gasteiger partial charge in [0.2, 0.25) is 6.35 Å². The van der Waals surface area contributed by atoms with Crippen LogP contribution in [0.15, 0.2) is 50.7 Å². The van der Waals surface area contributed by atoms with E-state index in [-0.39, 0.29) is 10.6 Å². The highest BCUT2D eigenvalue weighted by atomic mass is 32.2. The van der Waals surface area contributed by atoms with Crippen molar-refractivity contribution < 1.29 is 32.9 Å². The Morgan fingerprint density at radius 2 is 2.04 bits per heavy atom. The van der Waals surface area contributed by atoms with Crippen LogP contribution in [0.3, 0.4) is 0 Å². The third kappa shape index (κ3) is 3.36. The van der Waals surface area contributed by atoms with E-state index in [0.29, 0.717) is 16.5 Å². The molecule has 11 heteroatoms. The van der Waals surface area contributed by atoms with Gasteiger partial charge in [0.25, 0.3) is 0 Å². The van der Waals surface area contributed by atoms with Gasteiger partial charge in [-0.05, 0) is 24.3 Å². The molecule has 1 aromatic rings. The molecule has 0 fully saturated rings. The fourth-order valence-corrected chi connectivity index (χ4v) is 4.61. The molecule has 152 valence electrons. The van der Waals surface area contributed by atoms with Gasteiger partial charge < -0.3 is 19.8 Å². The summed E-state index contributed by atoms with van der Waals surface area (Å²) in [6.45, 7) is 3.71. The minimum Gasteiger partial charge on any atom is -0.465 e. The second kappa shape index (κ2) is 7.15. The van der Waals surface area contributed by atoms with Crippen molar-refractivity contribution in [2.75, 3.05) is 19.1 Å². The SMILES string of the molecule is C=C(C(=O)OC)[SH]1N=Cc2cc(N3C(O)C=C(C(F)(F)F)N(C)C3O)ccc21. The highest BCUT2D eigenvalue weighted by Crippen LogP contribution is 2.50. The van der Waals surface area contributed by atoms with Crippen molar-refractivity contribution in [3.8, 4) is 0 Å². The second-order valence-corrected chi connectivity index (χ2v) is 7.94. The first-order valence-electron chi connectivity index (χ1n) is 7.98. The maximum Gasteiger partial charge on any atom is 0.431 e. The lowest BCUT2D eigenvalue weighted by atomic mass is 10.1. The molecule has 0 amide bonds. The number of esters is 1. The number of aliphatic hydroxyl groups is 2. The summed E-state index contributed by atoms with van der Waals surface area (Å²) in [5, 5.41) is 20.5. The Hall–Kier alpha value is -2.50. The smallest absolute Gasteiger partial charge is 0.431 e. The first-order valence-corrected chi connectivity index (χ1v) is 9.27. The van der Waals surface area contributed by atoms with Gasteiger partial charge in [-0.15, -0.1) is 0 Å². The number of allylic oxidation sites excluding steroid dienone is 1. The third-order valence-electron chi connectivity index (χ3n) is 4.38. The van der Waals surface area contributed by atoms with Gasteiger partial charge in [0.15, 0.2) is 6.23 Å². The molecule has 28 heavy (non-hydrogen) atoms. The van der Waals surface area contributed by atoms with E-state index >= 15 is 0 Å². The molecular formula is C17H18F3N3O4S. The largest absolute Gasteiger partial charge is 0.465 e. The molecule has 2 aliphatic heterocycles. The maximum absolute atomic E-state index is 13.0. The van der Waals surface area contributed by atoms with Gasteiger partial charge in [0.1, 0.15) is 5.70 Å². The number of alkyl halides is 3. The van der Waals surface area contributed by atoms with Crippen molar-refractivity contribution in [2.24, 2.45) is 4.40 Å². The Morgan fingerprint density at radius 1 is 1.36 bits per heavy atom. The minimum absolute atomic E-state index is 0.204. The molecule has 0 radical (unpaired) electrons. The summed E-state index contributed by atoms with van der Waals surface area (Å²) < 4.78 is 48.1. The molecule has 0 spiro atoms. The molecule has 0 saturated carbocycles. The number of thiol groups is 1. The number of carbonyl (C=O) groups is 1. The van der Waals surface area contributed by atoms with Crippen LogP contribution >= 0.6 is 11.1 Å². The van der Waals surface area contributed by atoms with E-state index in [4.69, 9.17) is 0 Å². The summed E-state index contributed by atoms with van der Waals surface area (Å²) in [6, 6.07) is 4.73. The average Bonchev–Trinajstić information content (AvgIpc) is 3.05. The number of anilines is 1. The number of ether oxygens (including phenoxy) is 1. The van der Waals surface area contributed by atoms with E-state index < -0.39 is 41.5 Å².